The summed E-state index contributed by atoms with van der Waals surface area (Å²) in [5.74, 6) is -4.80. The molecule has 2 N–H and O–H groups in total. The topological polar surface area (TPSA) is 102 Å². The number of aromatic nitrogens is 4. The average Bonchev–Trinajstić information content (AvgIpc) is 2.67. The van der Waals surface area contributed by atoms with Crippen molar-refractivity contribution in [3.8, 4) is 17.0 Å². The Hall–Kier alpha value is -3.76. The number of ether oxygens (including phenoxy) is 1. The fourth-order valence-electron chi connectivity index (χ4n) is 2.52. The van der Waals surface area contributed by atoms with Crippen LogP contribution in [-0.4, -0.2) is 33.0 Å². The largest absolute Gasteiger partial charge is 0.493 e. The van der Waals surface area contributed by atoms with E-state index in [-0.39, 0.29) is 34.5 Å². The van der Waals surface area contributed by atoms with Crippen LogP contribution in [-0.2, 0) is 10.7 Å². The van der Waals surface area contributed by atoms with Crippen LogP contribution in [0.5, 0.6) is 5.75 Å². The van der Waals surface area contributed by atoms with Crippen LogP contribution in [0, 0.1) is 5.82 Å². The summed E-state index contributed by atoms with van der Waals surface area (Å²) in [7, 11) is 1.39. The molecular weight excluding hydrogens is 401 g/mol. The van der Waals surface area contributed by atoms with Crippen molar-refractivity contribution in [2.45, 2.75) is 19.8 Å². The molecule has 3 aromatic rings. The van der Waals surface area contributed by atoms with Gasteiger partial charge in [0.25, 0.3) is 0 Å². The zero-order valence-corrected chi connectivity index (χ0v) is 16.2. The molecule has 1 amide bonds. The molecule has 0 saturated carbocycles. The monoisotopic (exact) mass is 418 g/mol. The number of rotatable bonds is 6. The van der Waals surface area contributed by atoms with E-state index in [4.69, 9.17) is 4.74 Å². The van der Waals surface area contributed by atoms with E-state index in [9.17, 15) is 18.0 Å². The van der Waals surface area contributed by atoms with Gasteiger partial charge in [-0.25, -0.2) is 19.3 Å². The Morgan fingerprint density at radius 3 is 2.57 bits per heavy atom. The Morgan fingerprint density at radius 2 is 1.93 bits per heavy atom. The van der Waals surface area contributed by atoms with Gasteiger partial charge in [0.2, 0.25) is 11.7 Å². The van der Waals surface area contributed by atoms with Gasteiger partial charge in [0.15, 0.2) is 11.6 Å². The van der Waals surface area contributed by atoms with E-state index in [1.54, 1.807) is 0 Å². The molecule has 30 heavy (non-hydrogen) atoms. The quantitative estimate of drug-likeness (QED) is 0.626. The lowest BCUT2D eigenvalue weighted by molar-refractivity contribution is -0.114. The van der Waals surface area contributed by atoms with E-state index in [2.05, 4.69) is 30.6 Å². The molecule has 0 radical (unpaired) electrons. The van der Waals surface area contributed by atoms with Gasteiger partial charge in [0.05, 0.1) is 30.9 Å². The number of carbonyl (C=O) groups is 1. The van der Waals surface area contributed by atoms with Crippen LogP contribution < -0.4 is 15.4 Å². The Bertz CT molecular complexity index is 1090. The van der Waals surface area contributed by atoms with E-state index in [1.807, 2.05) is 0 Å². The van der Waals surface area contributed by atoms with Crippen LogP contribution in [0.25, 0.3) is 11.3 Å². The lowest BCUT2D eigenvalue weighted by Crippen LogP contribution is -2.15. The van der Waals surface area contributed by atoms with Crippen molar-refractivity contribution in [1.29, 1.82) is 0 Å². The van der Waals surface area contributed by atoms with Crippen LogP contribution in [0.3, 0.4) is 0 Å². The Balaban J connectivity index is 2.09. The van der Waals surface area contributed by atoms with Gasteiger partial charge in [0, 0.05) is 37.7 Å². The summed E-state index contributed by atoms with van der Waals surface area (Å²) in [6.45, 7) is 1.95. The molecule has 3 heterocycles. The van der Waals surface area contributed by atoms with E-state index in [0.717, 1.165) is 6.20 Å². The van der Waals surface area contributed by atoms with Crippen molar-refractivity contribution in [2.75, 3.05) is 17.7 Å². The Morgan fingerprint density at radius 1 is 1.17 bits per heavy atom. The number of carbonyl (C=O) groups excluding carboxylic acids is 1. The number of nitrogens with one attached hydrogen (secondary N) is 2. The van der Waals surface area contributed by atoms with Gasteiger partial charge >= 0.3 is 5.92 Å². The molecule has 0 bridgehead atoms. The molecule has 8 nitrogen and oxygen atoms in total. The summed E-state index contributed by atoms with van der Waals surface area (Å²) in [5, 5.41) is 5.35. The second-order valence-electron chi connectivity index (χ2n) is 6.28. The highest BCUT2D eigenvalue weighted by Gasteiger charge is 2.30. The van der Waals surface area contributed by atoms with Crippen molar-refractivity contribution >= 4 is 23.2 Å². The van der Waals surface area contributed by atoms with Crippen LogP contribution in [0.4, 0.5) is 30.5 Å². The minimum atomic E-state index is -3.38. The van der Waals surface area contributed by atoms with Gasteiger partial charge in [-0.1, -0.05) is 0 Å². The first-order chi connectivity index (χ1) is 14.2. The van der Waals surface area contributed by atoms with Crippen molar-refractivity contribution < 1.29 is 22.7 Å². The van der Waals surface area contributed by atoms with E-state index >= 15 is 0 Å². The third-order valence-electron chi connectivity index (χ3n) is 3.82. The van der Waals surface area contributed by atoms with Gasteiger partial charge in [0.1, 0.15) is 11.6 Å². The molecule has 0 atom stereocenters. The Kier molecular flexibility index (Phi) is 5.81. The molecule has 0 aliphatic heterocycles. The van der Waals surface area contributed by atoms with E-state index < -0.39 is 17.6 Å². The van der Waals surface area contributed by atoms with Crippen LogP contribution >= 0.6 is 0 Å². The summed E-state index contributed by atoms with van der Waals surface area (Å²) in [6.07, 6.45) is 3.62. The smallest absolute Gasteiger partial charge is 0.303 e. The highest BCUT2D eigenvalue weighted by Crippen LogP contribution is 2.32. The molecule has 0 aliphatic carbocycles. The minimum absolute atomic E-state index is 0.0124. The standard InChI is InChI=1S/C19H17F3N6O2/c1-10(29)25-16-7-14(15(30-3)9-24-16)26-17-6-13(11-4-5-23-8-12(11)20)27-18(28-17)19(2,21)22/h4-9H,1-3H3,(H2,24,25,26,27,28,29). The van der Waals surface area contributed by atoms with Crippen molar-refractivity contribution in [3.05, 3.63) is 48.4 Å². The maximum absolute atomic E-state index is 14.2. The number of hydrogen-bond donors (Lipinski definition) is 2. The van der Waals surface area contributed by atoms with Crippen LogP contribution in [0.15, 0.2) is 36.8 Å². The predicted molar refractivity (Wildman–Crippen MR) is 103 cm³/mol. The number of alkyl halides is 2. The third-order valence-corrected chi connectivity index (χ3v) is 3.82. The fraction of sp³-hybridized carbons (Fsp3) is 0.211. The van der Waals surface area contributed by atoms with Gasteiger partial charge in [-0.15, -0.1) is 0 Å². The minimum Gasteiger partial charge on any atom is -0.493 e. The number of nitrogens with zero attached hydrogens (tertiary/aromatic N) is 4. The average molecular weight is 418 g/mol. The molecule has 0 aliphatic rings. The van der Waals surface area contributed by atoms with E-state index in [0.29, 0.717) is 12.6 Å². The summed E-state index contributed by atoms with van der Waals surface area (Å²) in [5.41, 5.74) is 0.224. The molecule has 3 aromatic heterocycles. The van der Waals surface area contributed by atoms with Crippen LogP contribution in [0.2, 0.25) is 0 Å². The number of pyridine rings is 2. The summed E-state index contributed by atoms with van der Waals surface area (Å²) in [4.78, 5) is 26.6. The predicted octanol–water partition coefficient (Wildman–Crippen LogP) is 3.90. The Labute approximate surface area is 169 Å². The number of methoxy groups -OCH3 is 1. The number of anilines is 3. The molecule has 0 fully saturated rings. The SMILES string of the molecule is COc1cnc(NC(C)=O)cc1Nc1cc(-c2ccncc2F)nc(C(C)(F)F)n1. The molecule has 3 rings (SSSR count). The maximum Gasteiger partial charge on any atom is 0.303 e. The molecule has 11 heteroatoms. The molecule has 0 saturated heterocycles. The first-order valence-corrected chi connectivity index (χ1v) is 8.63. The van der Waals surface area contributed by atoms with Crippen molar-refractivity contribution in [3.63, 3.8) is 0 Å². The number of hydrogen-bond acceptors (Lipinski definition) is 7. The van der Waals surface area contributed by atoms with Gasteiger partial charge < -0.3 is 15.4 Å². The summed E-state index contributed by atoms with van der Waals surface area (Å²) >= 11 is 0. The number of halogens is 3. The van der Waals surface area contributed by atoms with Crippen LogP contribution in [0.1, 0.15) is 19.7 Å². The maximum atomic E-state index is 14.2. The molecule has 156 valence electrons. The molecular formula is C19H17F3N6O2. The molecule has 0 aromatic carbocycles. The van der Waals surface area contributed by atoms with Gasteiger partial charge in [-0.05, 0) is 6.07 Å². The zero-order chi connectivity index (χ0) is 21.9. The highest BCUT2D eigenvalue weighted by atomic mass is 19.3. The lowest BCUT2D eigenvalue weighted by atomic mass is 10.1. The zero-order valence-electron chi connectivity index (χ0n) is 16.2. The lowest BCUT2D eigenvalue weighted by Gasteiger charge is -2.16. The van der Waals surface area contributed by atoms with Gasteiger partial charge in [-0.3, -0.25) is 9.78 Å². The van der Waals surface area contributed by atoms with Crippen molar-refractivity contribution in [2.24, 2.45) is 0 Å². The first-order valence-electron chi connectivity index (χ1n) is 8.63. The normalized spacial score (nSPS) is 11.1. The summed E-state index contributed by atoms with van der Waals surface area (Å²) in [6, 6.07) is 4.07. The highest BCUT2D eigenvalue weighted by molar-refractivity contribution is 5.88. The summed E-state index contributed by atoms with van der Waals surface area (Å²) < 4.78 is 47.3. The first kappa shape index (κ1) is 21.0. The second kappa shape index (κ2) is 8.31. The third kappa shape index (κ3) is 4.80. The number of amides is 1. The molecule has 0 unspecified atom stereocenters. The van der Waals surface area contributed by atoms with Crippen molar-refractivity contribution in [1.82, 2.24) is 19.9 Å². The second-order valence-corrected chi connectivity index (χ2v) is 6.28. The van der Waals surface area contributed by atoms with Gasteiger partial charge in [-0.2, -0.15) is 8.78 Å². The van der Waals surface area contributed by atoms with E-state index in [1.165, 1.54) is 44.6 Å². The molecule has 0 spiro atoms. The fourth-order valence-corrected chi connectivity index (χ4v) is 2.52.